The first-order valence-corrected chi connectivity index (χ1v) is 12.4. The van der Waals surface area contributed by atoms with E-state index in [2.05, 4.69) is 10.6 Å². The molecule has 1 aliphatic heterocycles. The fourth-order valence-electron chi connectivity index (χ4n) is 5.04. The summed E-state index contributed by atoms with van der Waals surface area (Å²) in [6.07, 6.45) is 0.980. The number of anilines is 1. The van der Waals surface area contributed by atoms with E-state index in [1.807, 2.05) is 17.5 Å². The van der Waals surface area contributed by atoms with Crippen LogP contribution in [0, 0.1) is 5.82 Å². The fourth-order valence-corrected chi connectivity index (χ4v) is 5.87. The lowest BCUT2D eigenvalue weighted by Crippen LogP contribution is -2.37. The van der Waals surface area contributed by atoms with Crippen molar-refractivity contribution in [2.45, 2.75) is 31.6 Å². The Kier molecular flexibility index (Phi) is 6.36. The van der Waals surface area contributed by atoms with Crippen LogP contribution in [0.3, 0.4) is 0 Å². The summed E-state index contributed by atoms with van der Waals surface area (Å²) in [6, 6.07) is 14.5. The van der Waals surface area contributed by atoms with Gasteiger partial charge in [0.15, 0.2) is 17.3 Å². The number of nitrogens with one attached hydrogen (secondary N) is 2. The van der Waals surface area contributed by atoms with Gasteiger partial charge in [0.1, 0.15) is 5.82 Å². The van der Waals surface area contributed by atoms with E-state index >= 15 is 0 Å². The number of hydrogen-bond acceptors (Lipinski definition) is 6. The number of carbonyl (C=O) groups excluding carboxylic acids is 2. The van der Waals surface area contributed by atoms with Gasteiger partial charge in [-0.3, -0.25) is 9.59 Å². The summed E-state index contributed by atoms with van der Waals surface area (Å²) in [5.74, 6) is -1.35. The number of ether oxygens (including phenoxy) is 1. The number of phenolic OH excluding ortho intramolecular Hbond substituents is 1. The molecule has 6 nitrogen and oxygen atoms in total. The number of methoxy groups -OCH3 is 1. The van der Waals surface area contributed by atoms with E-state index in [-0.39, 0.29) is 23.2 Å². The average Bonchev–Trinajstić information content (AvgIpc) is 3.38. The number of amides is 1. The summed E-state index contributed by atoms with van der Waals surface area (Å²) >= 11 is 1.63. The highest BCUT2D eigenvalue weighted by molar-refractivity contribution is 7.10. The van der Waals surface area contributed by atoms with E-state index < -0.39 is 17.6 Å². The monoisotopic (exact) mass is 504 g/mol. The minimum absolute atomic E-state index is 0.0384. The van der Waals surface area contributed by atoms with Gasteiger partial charge in [-0.2, -0.15) is 0 Å². The zero-order chi connectivity index (χ0) is 25.4. The topological polar surface area (TPSA) is 87.7 Å². The molecular weight excluding hydrogens is 479 g/mol. The van der Waals surface area contributed by atoms with Crippen molar-refractivity contribution < 1.29 is 23.8 Å². The van der Waals surface area contributed by atoms with Crippen molar-refractivity contribution in [3.63, 3.8) is 0 Å². The van der Waals surface area contributed by atoms with Gasteiger partial charge in [0.2, 0.25) is 0 Å². The van der Waals surface area contributed by atoms with Crippen LogP contribution < -0.4 is 15.4 Å². The maximum atomic E-state index is 13.8. The van der Waals surface area contributed by atoms with Crippen LogP contribution in [-0.4, -0.2) is 23.9 Å². The van der Waals surface area contributed by atoms with Gasteiger partial charge in [0.05, 0.1) is 7.11 Å². The van der Waals surface area contributed by atoms with Crippen molar-refractivity contribution in [3.8, 4) is 11.5 Å². The molecule has 2 unspecified atom stereocenters. The van der Waals surface area contributed by atoms with Crippen LogP contribution in [0.25, 0.3) is 0 Å². The maximum Gasteiger partial charge on any atom is 0.254 e. The average molecular weight is 505 g/mol. The molecule has 3 N–H and O–H groups in total. The van der Waals surface area contributed by atoms with Crippen LogP contribution in [-0.2, 0) is 9.59 Å². The van der Waals surface area contributed by atoms with Crippen molar-refractivity contribution >= 4 is 28.7 Å². The molecule has 2 aliphatic rings. The fraction of sp³-hybridized carbons (Fsp3) is 0.214. The lowest BCUT2D eigenvalue weighted by atomic mass is 9.72. The third kappa shape index (κ3) is 4.40. The highest BCUT2D eigenvalue weighted by atomic mass is 32.1. The number of dihydropyridines is 1. The summed E-state index contributed by atoms with van der Waals surface area (Å²) in [5.41, 5.74) is 3.25. The lowest BCUT2D eigenvalue weighted by Gasteiger charge is -2.36. The van der Waals surface area contributed by atoms with Crippen molar-refractivity contribution in [2.24, 2.45) is 0 Å². The van der Waals surface area contributed by atoms with E-state index in [4.69, 9.17) is 4.74 Å². The Morgan fingerprint density at radius 2 is 2.00 bits per heavy atom. The third-order valence-electron chi connectivity index (χ3n) is 6.64. The Hall–Kier alpha value is -3.91. The van der Waals surface area contributed by atoms with Crippen molar-refractivity contribution in [2.75, 3.05) is 12.4 Å². The van der Waals surface area contributed by atoms with Crippen LogP contribution in [0.5, 0.6) is 11.5 Å². The van der Waals surface area contributed by atoms with Gasteiger partial charge in [0.25, 0.3) is 5.91 Å². The first-order valence-electron chi connectivity index (χ1n) is 11.6. The second-order valence-electron chi connectivity index (χ2n) is 8.93. The van der Waals surface area contributed by atoms with Crippen molar-refractivity contribution in [1.29, 1.82) is 0 Å². The molecule has 5 rings (SSSR count). The SMILES string of the molecule is COc1cc(C2C(C(=O)Nc3cccc(F)c3)=C(C)NC3=C2C(=O)CC(c2cccs2)C3)ccc1O. The largest absolute Gasteiger partial charge is 0.504 e. The number of halogens is 1. The molecule has 0 saturated carbocycles. The summed E-state index contributed by atoms with van der Waals surface area (Å²) < 4.78 is 19.1. The third-order valence-corrected chi connectivity index (χ3v) is 7.67. The molecule has 8 heteroatoms. The minimum Gasteiger partial charge on any atom is -0.504 e. The number of allylic oxidation sites excluding steroid dienone is 3. The molecule has 2 atom stereocenters. The maximum absolute atomic E-state index is 13.8. The van der Waals surface area contributed by atoms with E-state index in [1.54, 1.807) is 36.5 Å². The molecule has 184 valence electrons. The number of hydrogen-bond donors (Lipinski definition) is 3. The molecule has 3 aromatic rings. The van der Waals surface area contributed by atoms with Gasteiger partial charge in [-0.25, -0.2) is 4.39 Å². The summed E-state index contributed by atoms with van der Waals surface area (Å²) in [4.78, 5) is 28.4. The van der Waals surface area contributed by atoms with Crippen LogP contribution >= 0.6 is 11.3 Å². The van der Waals surface area contributed by atoms with Gasteiger partial charge in [-0.1, -0.05) is 18.2 Å². The minimum atomic E-state index is -0.680. The second kappa shape index (κ2) is 9.62. The number of carbonyl (C=O) groups is 2. The normalized spacial score (nSPS) is 19.6. The quantitative estimate of drug-likeness (QED) is 0.421. The Bertz CT molecular complexity index is 1410. The first kappa shape index (κ1) is 23.8. The van der Waals surface area contributed by atoms with Gasteiger partial charge >= 0.3 is 0 Å². The second-order valence-corrected chi connectivity index (χ2v) is 9.91. The summed E-state index contributed by atoms with van der Waals surface area (Å²) in [5, 5.41) is 18.3. The van der Waals surface area contributed by atoms with Gasteiger partial charge in [-0.15, -0.1) is 11.3 Å². The number of phenols is 1. The van der Waals surface area contributed by atoms with Crippen LogP contribution in [0.4, 0.5) is 10.1 Å². The first-order chi connectivity index (χ1) is 17.4. The van der Waals surface area contributed by atoms with E-state index in [0.717, 1.165) is 10.6 Å². The van der Waals surface area contributed by atoms with Gasteiger partial charge < -0.3 is 20.5 Å². The predicted octanol–water partition coefficient (Wildman–Crippen LogP) is 5.60. The highest BCUT2D eigenvalue weighted by Gasteiger charge is 2.41. The summed E-state index contributed by atoms with van der Waals surface area (Å²) in [7, 11) is 1.45. The molecule has 2 aromatic carbocycles. The number of Topliss-reactive ketones (excluding diaryl/α,β-unsaturated/α-hetero) is 1. The molecule has 1 aromatic heterocycles. The van der Waals surface area contributed by atoms with E-state index in [1.165, 1.54) is 31.4 Å². The zero-order valence-electron chi connectivity index (χ0n) is 19.8. The van der Waals surface area contributed by atoms with E-state index in [0.29, 0.717) is 40.9 Å². The molecule has 2 heterocycles. The Morgan fingerprint density at radius 3 is 2.72 bits per heavy atom. The molecule has 0 saturated heterocycles. The van der Waals surface area contributed by atoms with Crippen LogP contribution in [0.15, 0.2) is 82.5 Å². The van der Waals surface area contributed by atoms with Crippen LogP contribution in [0.2, 0.25) is 0 Å². The van der Waals surface area contributed by atoms with Crippen LogP contribution in [0.1, 0.15) is 42.0 Å². The molecule has 0 radical (unpaired) electrons. The van der Waals surface area contributed by atoms with E-state index in [9.17, 15) is 19.1 Å². The lowest BCUT2D eigenvalue weighted by molar-refractivity contribution is -0.116. The van der Waals surface area contributed by atoms with Crippen molar-refractivity contribution in [1.82, 2.24) is 5.32 Å². The predicted molar refractivity (Wildman–Crippen MR) is 137 cm³/mol. The zero-order valence-corrected chi connectivity index (χ0v) is 20.6. The van der Waals surface area contributed by atoms with Gasteiger partial charge in [-0.05, 0) is 60.7 Å². The number of thiophene rings is 1. The number of benzene rings is 2. The highest BCUT2D eigenvalue weighted by Crippen LogP contribution is 2.47. The Morgan fingerprint density at radius 1 is 1.17 bits per heavy atom. The molecular formula is C28H25FN2O4S. The summed E-state index contributed by atoms with van der Waals surface area (Å²) in [6.45, 7) is 1.80. The number of aromatic hydroxyl groups is 1. The Labute approximate surface area is 212 Å². The smallest absolute Gasteiger partial charge is 0.254 e. The molecule has 0 fully saturated rings. The molecule has 0 spiro atoms. The standard InChI is InChI=1S/C28H25FN2O4S/c1-15-25(28(34)31-19-6-3-5-18(29)14-19)26(16-8-9-21(32)23(13-16)35-2)27-20(30-15)11-17(12-22(27)33)24-7-4-10-36-24/h3-10,13-14,17,26,30,32H,11-12H2,1-2H3,(H,31,34). The van der Waals surface area contributed by atoms with Crippen molar-refractivity contribution in [3.05, 3.63) is 98.8 Å². The molecule has 36 heavy (non-hydrogen) atoms. The molecule has 1 aliphatic carbocycles. The number of ketones is 1. The molecule has 0 bridgehead atoms. The van der Waals surface area contributed by atoms with Gasteiger partial charge in [0, 0.05) is 51.4 Å². The Balaban J connectivity index is 1.60. The molecule has 1 amide bonds. The number of rotatable bonds is 5.